The smallest absolute Gasteiger partial charge is 0.142 e. The van der Waals surface area contributed by atoms with Crippen molar-refractivity contribution in [2.75, 3.05) is 0 Å². The zero-order valence-corrected chi connectivity index (χ0v) is 21.9. The monoisotopic (exact) mass is 552 g/mol. The molecular weight excluding hydrogens is 543 g/mol. The van der Waals surface area contributed by atoms with Crippen molar-refractivity contribution >= 4 is 118 Å². The molecule has 34 heavy (non-hydrogen) atoms. The standard InChI is InChI=1S/C26H10F2S6/c27-15-1-3-29-25(15)21-7-11-5-13-19(9-17(11)31-21)33-24-14-6-12-8-22(26-16(28)2-4-30-26)32-18(12)10-20(14)34-23(13)24/h1-10H. The van der Waals surface area contributed by atoms with Crippen LogP contribution in [0.3, 0.4) is 0 Å². The van der Waals surface area contributed by atoms with Crippen LogP contribution in [0.2, 0.25) is 0 Å². The molecule has 0 amide bonds. The van der Waals surface area contributed by atoms with Gasteiger partial charge in [0.2, 0.25) is 0 Å². The van der Waals surface area contributed by atoms with E-state index in [4.69, 9.17) is 0 Å². The highest BCUT2D eigenvalue weighted by molar-refractivity contribution is 7.37. The van der Waals surface area contributed by atoms with E-state index in [1.165, 1.54) is 84.6 Å². The van der Waals surface area contributed by atoms with E-state index in [-0.39, 0.29) is 11.6 Å². The molecule has 0 aliphatic carbocycles. The number of thiophene rings is 6. The fraction of sp³-hybridized carbons (Fsp3) is 0. The molecule has 0 fully saturated rings. The summed E-state index contributed by atoms with van der Waals surface area (Å²) in [5, 5.41) is 8.49. The Kier molecular flexibility index (Phi) is 4.22. The van der Waals surface area contributed by atoms with Gasteiger partial charge < -0.3 is 0 Å². The lowest BCUT2D eigenvalue weighted by Crippen LogP contribution is -1.68. The zero-order chi connectivity index (χ0) is 22.6. The van der Waals surface area contributed by atoms with Crippen LogP contribution in [-0.2, 0) is 0 Å². The van der Waals surface area contributed by atoms with Crippen LogP contribution in [-0.4, -0.2) is 0 Å². The van der Waals surface area contributed by atoms with Gasteiger partial charge in [0.25, 0.3) is 0 Å². The molecular formula is C26H10F2S6. The van der Waals surface area contributed by atoms with Crippen LogP contribution in [0.4, 0.5) is 8.78 Å². The Labute approximate surface area is 215 Å². The number of halogens is 2. The van der Waals surface area contributed by atoms with Gasteiger partial charge in [-0.3, -0.25) is 0 Å². The lowest BCUT2D eigenvalue weighted by atomic mass is 10.1. The molecule has 8 rings (SSSR count). The Morgan fingerprint density at radius 2 is 0.971 bits per heavy atom. The maximum atomic E-state index is 14.1. The Bertz CT molecular complexity index is 1910. The van der Waals surface area contributed by atoms with E-state index in [1.54, 1.807) is 33.4 Å². The second-order valence-corrected chi connectivity index (χ2v) is 14.2. The maximum absolute atomic E-state index is 14.1. The third kappa shape index (κ3) is 2.81. The fourth-order valence-corrected chi connectivity index (χ4v) is 11.3. The van der Waals surface area contributed by atoms with Gasteiger partial charge in [-0.2, -0.15) is 0 Å². The Hall–Kier alpha value is -2.20. The lowest BCUT2D eigenvalue weighted by Gasteiger charge is -1.93. The van der Waals surface area contributed by atoms with E-state index in [1.807, 2.05) is 22.7 Å². The van der Waals surface area contributed by atoms with E-state index >= 15 is 0 Å². The van der Waals surface area contributed by atoms with Gasteiger partial charge in [0.1, 0.15) is 11.6 Å². The molecule has 0 aliphatic heterocycles. The highest BCUT2D eigenvalue weighted by Crippen LogP contribution is 2.49. The number of hydrogen-bond donors (Lipinski definition) is 0. The van der Waals surface area contributed by atoms with Crippen molar-refractivity contribution in [3.8, 4) is 19.5 Å². The van der Waals surface area contributed by atoms with Gasteiger partial charge >= 0.3 is 0 Å². The van der Waals surface area contributed by atoms with Crippen LogP contribution in [0.25, 0.3) is 69.3 Å². The van der Waals surface area contributed by atoms with Crippen molar-refractivity contribution in [2.45, 2.75) is 0 Å². The highest BCUT2D eigenvalue weighted by Gasteiger charge is 2.18. The molecule has 6 heterocycles. The summed E-state index contributed by atoms with van der Waals surface area (Å²) in [6, 6.07) is 16.4. The van der Waals surface area contributed by atoms with Gasteiger partial charge in [-0.05, 0) is 70.1 Å². The number of fused-ring (bicyclic) bond motifs is 7. The molecule has 0 nitrogen and oxygen atoms in total. The molecule has 164 valence electrons. The summed E-state index contributed by atoms with van der Waals surface area (Å²) in [5.74, 6) is -0.287. The molecule has 0 N–H and O–H groups in total. The zero-order valence-electron chi connectivity index (χ0n) is 17.0. The van der Waals surface area contributed by atoms with E-state index in [2.05, 4.69) is 36.4 Å². The third-order valence-corrected chi connectivity index (χ3v) is 12.9. The van der Waals surface area contributed by atoms with Gasteiger partial charge in [-0.1, -0.05) is 0 Å². The van der Waals surface area contributed by atoms with Crippen molar-refractivity contribution in [1.82, 2.24) is 0 Å². The van der Waals surface area contributed by atoms with Gasteiger partial charge in [0.15, 0.2) is 0 Å². The molecule has 0 aliphatic rings. The largest absolute Gasteiger partial charge is 0.205 e. The Morgan fingerprint density at radius 1 is 0.500 bits per heavy atom. The molecule has 0 bridgehead atoms. The SMILES string of the molecule is Fc1ccsc1-c1cc2cc3c(cc2s1)sc1c2cc4cc(-c5sccc5F)sc4cc2sc31. The molecule has 2 aromatic carbocycles. The van der Waals surface area contributed by atoms with Gasteiger partial charge in [0, 0.05) is 39.3 Å². The third-order valence-electron chi connectivity index (χ3n) is 6.04. The molecule has 8 aromatic rings. The van der Waals surface area contributed by atoms with Crippen LogP contribution in [0.5, 0.6) is 0 Å². The average molecular weight is 553 g/mol. The lowest BCUT2D eigenvalue weighted by molar-refractivity contribution is 0.636. The predicted octanol–water partition coefficient (Wildman–Crippen LogP) is 11.4. The first-order valence-corrected chi connectivity index (χ1v) is 15.4. The van der Waals surface area contributed by atoms with Crippen molar-refractivity contribution in [3.63, 3.8) is 0 Å². The molecule has 0 saturated carbocycles. The molecule has 0 unspecified atom stereocenters. The van der Waals surface area contributed by atoms with Crippen molar-refractivity contribution in [1.29, 1.82) is 0 Å². The van der Waals surface area contributed by atoms with Gasteiger partial charge in [-0.15, -0.1) is 68.0 Å². The summed E-state index contributed by atoms with van der Waals surface area (Å²) in [6.45, 7) is 0. The average Bonchev–Trinajstić information content (AvgIpc) is 3.63. The minimum Gasteiger partial charge on any atom is -0.205 e. The van der Waals surface area contributed by atoms with Crippen LogP contribution in [0, 0.1) is 11.6 Å². The summed E-state index contributed by atoms with van der Waals surface area (Å²) in [4.78, 5) is 3.42. The van der Waals surface area contributed by atoms with Crippen molar-refractivity contribution in [2.24, 2.45) is 0 Å². The molecule has 0 radical (unpaired) electrons. The second kappa shape index (κ2) is 7.16. The van der Waals surface area contributed by atoms with Crippen molar-refractivity contribution < 1.29 is 8.78 Å². The van der Waals surface area contributed by atoms with E-state index in [0.29, 0.717) is 0 Å². The molecule has 0 saturated heterocycles. The predicted molar refractivity (Wildman–Crippen MR) is 152 cm³/mol. The number of benzene rings is 2. The van der Waals surface area contributed by atoms with Gasteiger partial charge in [-0.25, -0.2) is 8.78 Å². The summed E-state index contributed by atoms with van der Waals surface area (Å²) < 4.78 is 35.8. The fourth-order valence-electron chi connectivity index (χ4n) is 4.49. The first kappa shape index (κ1) is 20.0. The molecule has 0 spiro atoms. The normalized spacial score (nSPS) is 12.4. The highest BCUT2D eigenvalue weighted by atomic mass is 32.1. The summed E-state index contributed by atoms with van der Waals surface area (Å²) in [5.41, 5.74) is 0. The van der Waals surface area contributed by atoms with Gasteiger partial charge in [0.05, 0.1) is 19.2 Å². The number of rotatable bonds is 2. The maximum Gasteiger partial charge on any atom is 0.142 e. The first-order valence-electron chi connectivity index (χ1n) is 10.3. The molecule has 8 heteroatoms. The topological polar surface area (TPSA) is 0 Å². The summed E-state index contributed by atoms with van der Waals surface area (Å²) in [6.07, 6.45) is 0. The Morgan fingerprint density at radius 3 is 1.38 bits per heavy atom. The quantitative estimate of drug-likeness (QED) is 0.200. The second-order valence-electron chi connectivity index (χ2n) is 8.05. The van der Waals surface area contributed by atoms with E-state index in [0.717, 1.165) is 19.5 Å². The molecule has 0 atom stereocenters. The summed E-state index contributed by atoms with van der Waals surface area (Å²) >= 11 is 9.88. The van der Waals surface area contributed by atoms with E-state index < -0.39 is 0 Å². The first-order chi connectivity index (χ1) is 16.6. The van der Waals surface area contributed by atoms with Crippen molar-refractivity contribution in [3.05, 3.63) is 70.9 Å². The Balaban J connectivity index is 1.33. The van der Waals surface area contributed by atoms with Crippen LogP contribution in [0.15, 0.2) is 59.3 Å². The minimum atomic E-state index is -0.143. The van der Waals surface area contributed by atoms with E-state index in [9.17, 15) is 8.78 Å². The number of hydrogen-bond acceptors (Lipinski definition) is 6. The van der Waals surface area contributed by atoms with Crippen LogP contribution >= 0.6 is 68.0 Å². The minimum absolute atomic E-state index is 0.143. The molecule has 6 aromatic heterocycles. The van der Waals surface area contributed by atoms with Crippen LogP contribution in [0.1, 0.15) is 0 Å². The summed E-state index contributed by atoms with van der Waals surface area (Å²) in [7, 11) is 0. The van der Waals surface area contributed by atoms with Crippen LogP contribution < -0.4 is 0 Å².